The second-order valence-electron chi connectivity index (χ2n) is 8.43. The summed E-state index contributed by atoms with van der Waals surface area (Å²) in [4.78, 5) is 22.4. The van der Waals surface area contributed by atoms with Crippen LogP contribution < -0.4 is 15.5 Å². The molecular formula is C21H29N5O2. The number of benzene rings is 1. The molecule has 0 radical (unpaired) electrons. The molecule has 3 saturated heterocycles. The third kappa shape index (κ3) is 3.26. The summed E-state index contributed by atoms with van der Waals surface area (Å²) in [6.45, 7) is 3.58. The molecule has 1 amide bonds. The maximum absolute atomic E-state index is 13.1. The second kappa shape index (κ2) is 7.37. The summed E-state index contributed by atoms with van der Waals surface area (Å²) in [5.41, 5.74) is 1.97. The molecule has 0 spiro atoms. The van der Waals surface area contributed by atoms with Gasteiger partial charge in [0.15, 0.2) is 5.58 Å². The monoisotopic (exact) mass is 383 g/mol. The van der Waals surface area contributed by atoms with Crippen LogP contribution in [0.2, 0.25) is 0 Å². The number of hydrogen-bond donors (Lipinski definition) is 2. The molecule has 0 saturated carbocycles. The zero-order chi connectivity index (χ0) is 19.1. The number of hydrogen-bond acceptors (Lipinski definition) is 6. The number of piperidine rings is 2. The van der Waals surface area contributed by atoms with Crippen molar-refractivity contribution in [3.05, 3.63) is 23.8 Å². The number of para-hydroxylation sites is 1. The fraction of sp³-hybridized carbons (Fsp3) is 0.619. The van der Waals surface area contributed by atoms with Gasteiger partial charge in [0.05, 0.1) is 5.56 Å². The van der Waals surface area contributed by atoms with Gasteiger partial charge >= 0.3 is 0 Å². The van der Waals surface area contributed by atoms with Crippen molar-refractivity contribution in [3.8, 4) is 0 Å². The Kier molecular flexibility index (Phi) is 4.72. The van der Waals surface area contributed by atoms with Crippen LogP contribution in [0.1, 0.15) is 42.5 Å². The molecule has 1 unspecified atom stereocenters. The number of fused-ring (bicyclic) bond motifs is 3. The predicted molar refractivity (Wildman–Crippen MR) is 109 cm³/mol. The largest absolute Gasteiger partial charge is 0.423 e. The molecular weight excluding hydrogens is 354 g/mol. The zero-order valence-corrected chi connectivity index (χ0v) is 16.5. The second-order valence-corrected chi connectivity index (χ2v) is 8.43. The summed E-state index contributed by atoms with van der Waals surface area (Å²) in [7, 11) is 2.24. The van der Waals surface area contributed by atoms with Crippen LogP contribution in [0.5, 0.6) is 0 Å². The molecule has 3 aliphatic rings. The molecule has 7 heteroatoms. The van der Waals surface area contributed by atoms with Crippen LogP contribution in [0.25, 0.3) is 11.1 Å². The van der Waals surface area contributed by atoms with E-state index in [2.05, 4.69) is 32.5 Å². The van der Waals surface area contributed by atoms with E-state index >= 15 is 0 Å². The molecule has 2 bridgehead atoms. The molecule has 3 atom stereocenters. The molecule has 0 aliphatic carbocycles. The summed E-state index contributed by atoms with van der Waals surface area (Å²) in [6.07, 6.45) is 5.88. The van der Waals surface area contributed by atoms with E-state index in [9.17, 15) is 4.79 Å². The van der Waals surface area contributed by atoms with Gasteiger partial charge in [-0.25, -0.2) is 0 Å². The number of amides is 1. The number of carbonyl (C=O) groups is 1. The molecule has 28 heavy (non-hydrogen) atoms. The quantitative estimate of drug-likeness (QED) is 0.844. The Labute approximate surface area is 165 Å². The van der Waals surface area contributed by atoms with Crippen LogP contribution >= 0.6 is 0 Å². The van der Waals surface area contributed by atoms with Crippen molar-refractivity contribution in [1.29, 1.82) is 0 Å². The lowest BCUT2D eigenvalue weighted by Crippen LogP contribution is -2.55. The average Bonchev–Trinajstić information content (AvgIpc) is 3.14. The minimum Gasteiger partial charge on any atom is -0.423 e. The maximum Gasteiger partial charge on any atom is 0.298 e. The van der Waals surface area contributed by atoms with Gasteiger partial charge in [0, 0.05) is 44.3 Å². The Morgan fingerprint density at radius 2 is 1.96 bits per heavy atom. The molecule has 5 rings (SSSR count). The summed E-state index contributed by atoms with van der Waals surface area (Å²) in [5, 5.41) is 6.63. The van der Waals surface area contributed by atoms with Crippen LogP contribution in [0.4, 0.5) is 6.01 Å². The molecule has 2 aromatic rings. The van der Waals surface area contributed by atoms with E-state index < -0.39 is 0 Å². The first-order valence-corrected chi connectivity index (χ1v) is 10.6. The predicted octanol–water partition coefficient (Wildman–Crippen LogP) is 1.98. The lowest BCUT2D eigenvalue weighted by Gasteiger charge is -2.47. The van der Waals surface area contributed by atoms with E-state index in [0.717, 1.165) is 39.0 Å². The normalized spacial score (nSPS) is 28.5. The van der Waals surface area contributed by atoms with E-state index in [1.54, 1.807) is 0 Å². The Morgan fingerprint density at radius 1 is 1.21 bits per heavy atom. The molecule has 3 aliphatic heterocycles. The van der Waals surface area contributed by atoms with Crippen molar-refractivity contribution in [2.24, 2.45) is 0 Å². The SMILES string of the molecule is CN1[C@@H]2CCC[C@H]1CC(NC(=O)c1cccc3oc(N4CCNCC4)nc13)C2. The van der Waals surface area contributed by atoms with Crippen molar-refractivity contribution < 1.29 is 9.21 Å². The Bertz CT molecular complexity index is 846. The van der Waals surface area contributed by atoms with Gasteiger partial charge in [-0.1, -0.05) is 12.5 Å². The Hall–Kier alpha value is -2.12. The van der Waals surface area contributed by atoms with Crippen molar-refractivity contribution >= 4 is 23.0 Å². The van der Waals surface area contributed by atoms with Crippen molar-refractivity contribution in [3.63, 3.8) is 0 Å². The molecule has 1 aromatic carbocycles. The Balaban J connectivity index is 1.35. The van der Waals surface area contributed by atoms with E-state index in [4.69, 9.17) is 4.42 Å². The summed E-state index contributed by atoms with van der Waals surface area (Å²) >= 11 is 0. The highest BCUT2D eigenvalue weighted by atomic mass is 16.4. The number of nitrogens with one attached hydrogen (secondary N) is 2. The zero-order valence-electron chi connectivity index (χ0n) is 16.5. The highest BCUT2D eigenvalue weighted by molar-refractivity contribution is 6.04. The highest BCUT2D eigenvalue weighted by Crippen LogP contribution is 2.33. The lowest BCUT2D eigenvalue weighted by atomic mass is 9.82. The number of oxazole rings is 1. The van der Waals surface area contributed by atoms with E-state index in [0.29, 0.717) is 34.8 Å². The fourth-order valence-electron chi connectivity index (χ4n) is 5.11. The molecule has 150 valence electrons. The van der Waals surface area contributed by atoms with E-state index in [1.807, 2.05) is 18.2 Å². The van der Waals surface area contributed by atoms with Crippen LogP contribution in [-0.2, 0) is 0 Å². The summed E-state index contributed by atoms with van der Waals surface area (Å²) < 4.78 is 5.96. The van der Waals surface area contributed by atoms with Gasteiger partial charge in [-0.05, 0) is 44.9 Å². The standard InChI is InChI=1S/C21H29N5O2/c1-25-15-4-2-5-16(25)13-14(12-15)23-20(27)17-6-3-7-18-19(17)24-21(28-18)26-10-8-22-9-11-26/h3,6-7,14-16,22H,2,4-5,8-13H2,1H3,(H,23,27)/t14?,15-,16+. The fourth-order valence-corrected chi connectivity index (χ4v) is 5.11. The topological polar surface area (TPSA) is 73.6 Å². The molecule has 2 N–H and O–H groups in total. The van der Waals surface area contributed by atoms with Crippen LogP contribution in [0.15, 0.2) is 22.6 Å². The number of carbonyl (C=O) groups excluding carboxylic acids is 1. The van der Waals surface area contributed by atoms with Crippen LogP contribution in [0.3, 0.4) is 0 Å². The van der Waals surface area contributed by atoms with Crippen LogP contribution in [-0.4, -0.2) is 67.1 Å². The lowest BCUT2D eigenvalue weighted by molar-refractivity contribution is 0.0463. The maximum atomic E-state index is 13.1. The number of piperazine rings is 1. The highest BCUT2D eigenvalue weighted by Gasteiger charge is 2.36. The van der Waals surface area contributed by atoms with Gasteiger partial charge in [-0.3, -0.25) is 4.79 Å². The first kappa shape index (κ1) is 17.9. The van der Waals surface area contributed by atoms with Gasteiger partial charge in [0.25, 0.3) is 11.9 Å². The average molecular weight is 383 g/mol. The Morgan fingerprint density at radius 3 is 2.71 bits per heavy atom. The molecule has 1 aromatic heterocycles. The minimum absolute atomic E-state index is 0.0293. The third-order valence-corrected chi connectivity index (χ3v) is 6.71. The molecule has 4 heterocycles. The van der Waals surface area contributed by atoms with Gasteiger partial charge in [-0.15, -0.1) is 0 Å². The number of anilines is 1. The van der Waals surface area contributed by atoms with Gasteiger partial charge in [0.2, 0.25) is 0 Å². The van der Waals surface area contributed by atoms with Gasteiger partial charge in [0.1, 0.15) is 5.52 Å². The van der Waals surface area contributed by atoms with Crippen molar-refractivity contribution in [2.45, 2.75) is 50.2 Å². The van der Waals surface area contributed by atoms with Gasteiger partial charge < -0.3 is 24.9 Å². The number of nitrogens with zero attached hydrogens (tertiary/aromatic N) is 3. The van der Waals surface area contributed by atoms with Crippen molar-refractivity contribution in [1.82, 2.24) is 20.5 Å². The molecule has 7 nitrogen and oxygen atoms in total. The molecule has 3 fully saturated rings. The minimum atomic E-state index is -0.0293. The number of aromatic nitrogens is 1. The first-order valence-electron chi connectivity index (χ1n) is 10.6. The van der Waals surface area contributed by atoms with Gasteiger partial charge in [-0.2, -0.15) is 4.98 Å². The van der Waals surface area contributed by atoms with Crippen LogP contribution in [0, 0.1) is 0 Å². The van der Waals surface area contributed by atoms with Crippen molar-refractivity contribution in [2.75, 3.05) is 38.1 Å². The summed E-state index contributed by atoms with van der Waals surface area (Å²) in [6, 6.07) is 7.69. The third-order valence-electron chi connectivity index (χ3n) is 6.71. The van der Waals surface area contributed by atoms with E-state index in [1.165, 1.54) is 19.3 Å². The summed E-state index contributed by atoms with van der Waals surface area (Å²) in [5.74, 6) is -0.0293. The smallest absolute Gasteiger partial charge is 0.298 e. The first-order chi connectivity index (χ1) is 13.7. The number of rotatable bonds is 3. The van der Waals surface area contributed by atoms with E-state index in [-0.39, 0.29) is 11.9 Å².